The molecule has 0 aromatic carbocycles. The Hall–Kier alpha value is -0.370. The first kappa shape index (κ1) is 11.7. The molecule has 0 radical (unpaired) electrons. The minimum Gasteiger partial charge on any atom is -0.390 e. The molecule has 0 saturated heterocycles. The number of aliphatic hydroxyl groups is 1. The average molecular weight is 236 g/mol. The topological polar surface area (TPSA) is 37.3 Å². The molecule has 3 aliphatic carbocycles. The Morgan fingerprint density at radius 2 is 1.88 bits per heavy atom. The molecule has 0 spiro atoms. The standard InChI is InChI=1S/C15H24O2/c1-13(2)8-11-10(13)4-6-14(3)9-15(11,17)7-5-12(14)16/h10-11,17H,4-9H2,1-3H3/t10-,11+,14+,15+/m0/s1. The van der Waals surface area contributed by atoms with E-state index in [9.17, 15) is 9.90 Å². The van der Waals surface area contributed by atoms with E-state index in [1.54, 1.807) is 0 Å². The van der Waals surface area contributed by atoms with Crippen LogP contribution in [0.1, 0.15) is 59.3 Å². The molecule has 0 heterocycles. The first-order chi connectivity index (χ1) is 7.77. The summed E-state index contributed by atoms with van der Waals surface area (Å²) in [6, 6.07) is 0. The maximum atomic E-state index is 12.1. The largest absolute Gasteiger partial charge is 0.390 e. The van der Waals surface area contributed by atoms with E-state index >= 15 is 0 Å². The van der Waals surface area contributed by atoms with Crippen LogP contribution in [0.5, 0.6) is 0 Å². The summed E-state index contributed by atoms with van der Waals surface area (Å²) in [4.78, 5) is 12.1. The predicted octanol–water partition coefficient (Wildman–Crippen LogP) is 2.93. The van der Waals surface area contributed by atoms with Crippen LogP contribution in [0.15, 0.2) is 0 Å². The summed E-state index contributed by atoms with van der Waals surface area (Å²) < 4.78 is 0. The molecule has 2 nitrogen and oxygen atoms in total. The molecule has 3 fully saturated rings. The third kappa shape index (κ3) is 1.46. The van der Waals surface area contributed by atoms with E-state index in [-0.39, 0.29) is 5.41 Å². The second-order valence-corrected chi connectivity index (χ2v) is 7.71. The lowest BCUT2D eigenvalue weighted by Crippen LogP contribution is -2.57. The van der Waals surface area contributed by atoms with Crippen molar-refractivity contribution in [3.05, 3.63) is 0 Å². The van der Waals surface area contributed by atoms with Crippen LogP contribution in [-0.2, 0) is 4.79 Å². The monoisotopic (exact) mass is 236 g/mol. The Balaban J connectivity index is 1.96. The zero-order chi connectivity index (χ0) is 12.5. The summed E-state index contributed by atoms with van der Waals surface area (Å²) in [6.45, 7) is 6.71. The SMILES string of the molecule is CC1(C)C[C@@H]2[C@@H]1CC[C@]1(C)C[C@]2(O)CCC1=O. The quantitative estimate of drug-likeness (QED) is 0.702. The highest BCUT2D eigenvalue weighted by Gasteiger charge is 2.61. The Bertz CT molecular complexity index is 373. The van der Waals surface area contributed by atoms with Gasteiger partial charge < -0.3 is 5.11 Å². The predicted molar refractivity (Wildman–Crippen MR) is 66.5 cm³/mol. The maximum Gasteiger partial charge on any atom is 0.138 e. The fraction of sp³-hybridized carbons (Fsp3) is 0.933. The molecular weight excluding hydrogens is 212 g/mol. The molecule has 0 aromatic heterocycles. The first-order valence-electron chi connectivity index (χ1n) is 7.03. The summed E-state index contributed by atoms with van der Waals surface area (Å²) in [7, 11) is 0. The number of ketones is 1. The highest BCUT2D eigenvalue weighted by Crippen LogP contribution is 2.63. The normalized spacial score (nSPS) is 52.4. The molecule has 0 unspecified atom stereocenters. The molecule has 0 amide bonds. The number of rotatable bonds is 0. The Labute approximate surface area is 104 Å². The number of hydrogen-bond donors (Lipinski definition) is 1. The second kappa shape index (κ2) is 3.14. The van der Waals surface area contributed by atoms with Crippen molar-refractivity contribution in [2.75, 3.05) is 0 Å². The summed E-state index contributed by atoms with van der Waals surface area (Å²) in [5, 5.41) is 10.9. The van der Waals surface area contributed by atoms with Gasteiger partial charge in [0.15, 0.2) is 0 Å². The Morgan fingerprint density at radius 1 is 1.18 bits per heavy atom. The van der Waals surface area contributed by atoms with Crippen molar-refractivity contribution in [2.24, 2.45) is 22.7 Å². The molecule has 2 heteroatoms. The maximum absolute atomic E-state index is 12.1. The van der Waals surface area contributed by atoms with Crippen LogP contribution in [0.3, 0.4) is 0 Å². The van der Waals surface area contributed by atoms with E-state index in [1.165, 1.54) is 0 Å². The van der Waals surface area contributed by atoms with Crippen LogP contribution in [0.2, 0.25) is 0 Å². The van der Waals surface area contributed by atoms with E-state index in [4.69, 9.17) is 0 Å². The molecule has 3 aliphatic rings. The van der Waals surface area contributed by atoms with Crippen molar-refractivity contribution in [2.45, 2.75) is 64.9 Å². The lowest BCUT2D eigenvalue weighted by atomic mass is 9.49. The smallest absolute Gasteiger partial charge is 0.138 e. The third-order valence-corrected chi connectivity index (χ3v) is 6.09. The van der Waals surface area contributed by atoms with Gasteiger partial charge in [-0.1, -0.05) is 20.8 Å². The van der Waals surface area contributed by atoms with Gasteiger partial charge in [0, 0.05) is 11.8 Å². The van der Waals surface area contributed by atoms with Gasteiger partial charge in [0.1, 0.15) is 5.78 Å². The van der Waals surface area contributed by atoms with Crippen LogP contribution < -0.4 is 0 Å². The number of carbonyl (C=O) groups excluding carboxylic acids is 1. The van der Waals surface area contributed by atoms with Gasteiger partial charge in [0.05, 0.1) is 5.60 Å². The van der Waals surface area contributed by atoms with Crippen LogP contribution in [0.4, 0.5) is 0 Å². The number of Topliss-reactive ketones (excluding diaryl/α,β-unsaturated/α-hetero) is 1. The molecule has 96 valence electrons. The lowest BCUT2D eigenvalue weighted by Gasteiger charge is -2.57. The summed E-state index contributed by atoms with van der Waals surface area (Å²) >= 11 is 0. The van der Waals surface area contributed by atoms with Gasteiger partial charge >= 0.3 is 0 Å². The Morgan fingerprint density at radius 3 is 2.53 bits per heavy atom. The van der Waals surface area contributed by atoms with Gasteiger partial charge in [-0.3, -0.25) is 4.79 Å². The lowest BCUT2D eigenvalue weighted by molar-refractivity contribution is -0.168. The number of fused-ring (bicyclic) bond motifs is 4. The van der Waals surface area contributed by atoms with Gasteiger partial charge in [-0.15, -0.1) is 0 Å². The van der Waals surface area contributed by atoms with Crippen LogP contribution in [0, 0.1) is 22.7 Å². The second-order valence-electron chi connectivity index (χ2n) is 7.71. The van der Waals surface area contributed by atoms with E-state index in [1.807, 2.05) is 0 Å². The highest BCUT2D eigenvalue weighted by atomic mass is 16.3. The zero-order valence-corrected chi connectivity index (χ0v) is 11.3. The van der Waals surface area contributed by atoms with Crippen molar-refractivity contribution in [3.63, 3.8) is 0 Å². The minimum atomic E-state index is -0.542. The van der Waals surface area contributed by atoms with E-state index in [0.29, 0.717) is 35.9 Å². The van der Waals surface area contributed by atoms with Crippen molar-refractivity contribution in [1.82, 2.24) is 0 Å². The fourth-order valence-electron chi connectivity index (χ4n) is 4.91. The van der Waals surface area contributed by atoms with Crippen LogP contribution in [0.25, 0.3) is 0 Å². The summed E-state index contributed by atoms with van der Waals surface area (Å²) in [5.74, 6) is 1.47. The molecule has 2 bridgehead atoms. The fourth-order valence-corrected chi connectivity index (χ4v) is 4.91. The molecule has 0 aromatic rings. The van der Waals surface area contributed by atoms with Gasteiger partial charge in [0.25, 0.3) is 0 Å². The van der Waals surface area contributed by atoms with Crippen LogP contribution >= 0.6 is 0 Å². The van der Waals surface area contributed by atoms with Crippen molar-refractivity contribution < 1.29 is 9.90 Å². The van der Waals surface area contributed by atoms with Gasteiger partial charge in [-0.05, 0) is 49.4 Å². The number of carbonyl (C=O) groups is 1. The average Bonchev–Trinajstić information content (AvgIpc) is 2.28. The van der Waals surface area contributed by atoms with Crippen LogP contribution in [-0.4, -0.2) is 16.5 Å². The van der Waals surface area contributed by atoms with E-state index in [0.717, 1.165) is 25.7 Å². The molecule has 1 N–H and O–H groups in total. The van der Waals surface area contributed by atoms with Gasteiger partial charge in [-0.25, -0.2) is 0 Å². The van der Waals surface area contributed by atoms with Crippen molar-refractivity contribution in [3.8, 4) is 0 Å². The molecule has 0 aliphatic heterocycles. The highest BCUT2D eigenvalue weighted by molar-refractivity contribution is 5.85. The van der Waals surface area contributed by atoms with E-state index in [2.05, 4.69) is 20.8 Å². The molecule has 3 rings (SSSR count). The summed E-state index contributed by atoms with van der Waals surface area (Å²) in [5.41, 5.74) is -0.406. The van der Waals surface area contributed by atoms with Crippen molar-refractivity contribution in [1.29, 1.82) is 0 Å². The molecule has 17 heavy (non-hydrogen) atoms. The molecular formula is C15H24O2. The van der Waals surface area contributed by atoms with Gasteiger partial charge in [-0.2, -0.15) is 0 Å². The summed E-state index contributed by atoms with van der Waals surface area (Å²) in [6.07, 6.45) is 5.27. The van der Waals surface area contributed by atoms with E-state index < -0.39 is 5.60 Å². The molecule has 4 atom stereocenters. The minimum absolute atomic E-state index is 0.236. The van der Waals surface area contributed by atoms with Gasteiger partial charge in [0.2, 0.25) is 0 Å². The molecule has 3 saturated carbocycles. The zero-order valence-electron chi connectivity index (χ0n) is 11.3. The Kier molecular flexibility index (Phi) is 2.16. The first-order valence-corrected chi connectivity index (χ1v) is 7.03. The van der Waals surface area contributed by atoms with Crippen molar-refractivity contribution >= 4 is 5.78 Å². The third-order valence-electron chi connectivity index (χ3n) is 6.09. The number of hydrogen-bond acceptors (Lipinski definition) is 2.